The third kappa shape index (κ3) is 2.98. The Kier molecular flexibility index (Phi) is 4.64. The van der Waals surface area contributed by atoms with Gasteiger partial charge in [-0.15, -0.1) is 0 Å². The number of fused-ring (bicyclic) bond motifs is 1. The molecule has 2 fully saturated rings. The van der Waals surface area contributed by atoms with E-state index < -0.39 is 15.8 Å². The molecular formula is C17H24N4O4S. The highest BCUT2D eigenvalue weighted by Gasteiger charge is 2.35. The minimum absolute atomic E-state index is 0.183. The Bertz CT molecular complexity index is 959. The number of rotatable bonds is 4. The molecule has 1 N–H and O–H groups in total. The van der Waals surface area contributed by atoms with Crippen molar-refractivity contribution in [2.75, 3.05) is 39.3 Å². The van der Waals surface area contributed by atoms with Gasteiger partial charge >= 0.3 is 5.76 Å². The van der Waals surface area contributed by atoms with Crippen molar-refractivity contribution in [1.29, 1.82) is 0 Å². The number of sulfonamides is 1. The van der Waals surface area contributed by atoms with Gasteiger partial charge in [0.05, 0.1) is 10.4 Å². The fourth-order valence-electron chi connectivity index (χ4n) is 3.93. The normalized spacial score (nSPS) is 23.0. The Hall–Kier alpha value is -1.68. The molecule has 9 heteroatoms. The maximum Gasteiger partial charge on any atom is 0.419 e. The van der Waals surface area contributed by atoms with E-state index in [9.17, 15) is 13.2 Å². The average molecular weight is 380 g/mol. The smallest absolute Gasteiger partial charge is 0.408 e. The second-order valence-electron chi connectivity index (χ2n) is 6.83. The highest BCUT2D eigenvalue weighted by atomic mass is 32.2. The van der Waals surface area contributed by atoms with Gasteiger partial charge in [-0.2, -0.15) is 4.31 Å². The maximum atomic E-state index is 13.0. The number of nitrogens with zero attached hydrogens (tertiary/aromatic N) is 3. The van der Waals surface area contributed by atoms with Crippen LogP contribution in [0.5, 0.6) is 0 Å². The summed E-state index contributed by atoms with van der Waals surface area (Å²) in [6.45, 7) is 7.19. The Morgan fingerprint density at radius 1 is 1.23 bits per heavy atom. The lowest BCUT2D eigenvalue weighted by atomic mass is 10.2. The molecule has 0 aliphatic carbocycles. The van der Waals surface area contributed by atoms with Crippen LogP contribution in [0.2, 0.25) is 0 Å². The number of hydrogen-bond donors (Lipinski definition) is 1. The molecule has 1 aromatic carbocycles. The molecule has 2 aliphatic rings. The molecule has 2 saturated heterocycles. The van der Waals surface area contributed by atoms with Gasteiger partial charge in [-0.3, -0.25) is 9.47 Å². The molecule has 8 nitrogen and oxygen atoms in total. The van der Waals surface area contributed by atoms with Crippen LogP contribution in [0.3, 0.4) is 0 Å². The first-order valence-electron chi connectivity index (χ1n) is 9.09. The molecule has 142 valence electrons. The van der Waals surface area contributed by atoms with E-state index in [-0.39, 0.29) is 10.9 Å². The van der Waals surface area contributed by atoms with Gasteiger partial charge in [0.1, 0.15) is 0 Å². The van der Waals surface area contributed by atoms with Crippen LogP contribution in [0.15, 0.2) is 32.3 Å². The molecule has 0 radical (unpaired) electrons. The van der Waals surface area contributed by atoms with Crippen LogP contribution in [0, 0.1) is 0 Å². The van der Waals surface area contributed by atoms with Gasteiger partial charge in [0.15, 0.2) is 5.58 Å². The lowest BCUT2D eigenvalue weighted by molar-refractivity contribution is 0.179. The maximum absolute atomic E-state index is 13.0. The molecule has 1 atom stereocenters. The number of benzene rings is 1. The molecule has 26 heavy (non-hydrogen) atoms. The highest BCUT2D eigenvalue weighted by Crippen LogP contribution is 2.26. The van der Waals surface area contributed by atoms with Crippen LogP contribution in [-0.2, 0) is 16.6 Å². The Balaban J connectivity index is 1.58. The summed E-state index contributed by atoms with van der Waals surface area (Å²) in [5, 5.41) is 3.32. The second kappa shape index (κ2) is 6.80. The predicted molar refractivity (Wildman–Crippen MR) is 97.8 cm³/mol. The summed E-state index contributed by atoms with van der Waals surface area (Å²) in [4.78, 5) is 14.4. The van der Waals surface area contributed by atoms with Crippen LogP contribution in [0.4, 0.5) is 0 Å². The van der Waals surface area contributed by atoms with Crippen molar-refractivity contribution >= 4 is 21.1 Å². The van der Waals surface area contributed by atoms with E-state index in [2.05, 4.69) is 10.2 Å². The van der Waals surface area contributed by atoms with E-state index in [1.807, 2.05) is 6.92 Å². The van der Waals surface area contributed by atoms with E-state index in [4.69, 9.17) is 4.42 Å². The summed E-state index contributed by atoms with van der Waals surface area (Å²) in [5.74, 6) is -0.461. The highest BCUT2D eigenvalue weighted by molar-refractivity contribution is 7.89. The van der Waals surface area contributed by atoms with Crippen molar-refractivity contribution < 1.29 is 12.8 Å². The SMILES string of the molecule is CCn1c(=O)oc2cc(S(=O)(=O)N3CCC(N4CCNCC4)C3)ccc21. The molecule has 2 aromatic rings. The van der Waals surface area contributed by atoms with Crippen molar-refractivity contribution in [3.63, 3.8) is 0 Å². The Morgan fingerprint density at radius 2 is 2.00 bits per heavy atom. The predicted octanol–water partition coefficient (Wildman–Crippen LogP) is 0.283. The van der Waals surface area contributed by atoms with Gasteiger partial charge in [0.2, 0.25) is 10.0 Å². The number of aryl methyl sites for hydroxylation is 1. The molecule has 0 amide bonds. The summed E-state index contributed by atoms with van der Waals surface area (Å²) < 4.78 is 34.3. The molecule has 0 bridgehead atoms. The molecular weight excluding hydrogens is 356 g/mol. The van der Waals surface area contributed by atoms with Crippen molar-refractivity contribution in [1.82, 2.24) is 19.1 Å². The monoisotopic (exact) mass is 380 g/mol. The first-order chi connectivity index (χ1) is 12.5. The van der Waals surface area contributed by atoms with Crippen molar-refractivity contribution in [2.24, 2.45) is 0 Å². The summed E-state index contributed by atoms with van der Waals surface area (Å²) in [6, 6.07) is 4.96. The average Bonchev–Trinajstić information content (AvgIpc) is 3.26. The minimum Gasteiger partial charge on any atom is -0.408 e. The Labute approximate surface area is 152 Å². The summed E-state index contributed by atoms with van der Waals surface area (Å²) in [7, 11) is -3.59. The zero-order valence-corrected chi connectivity index (χ0v) is 15.7. The topological polar surface area (TPSA) is 87.8 Å². The largest absolute Gasteiger partial charge is 0.419 e. The zero-order chi connectivity index (χ0) is 18.3. The van der Waals surface area contributed by atoms with E-state index >= 15 is 0 Å². The summed E-state index contributed by atoms with van der Waals surface area (Å²) >= 11 is 0. The van der Waals surface area contributed by atoms with Crippen molar-refractivity contribution in [3.8, 4) is 0 Å². The van der Waals surface area contributed by atoms with Gasteiger partial charge in [0, 0.05) is 57.9 Å². The lowest BCUT2D eigenvalue weighted by Gasteiger charge is -2.32. The first kappa shape index (κ1) is 17.7. The second-order valence-corrected chi connectivity index (χ2v) is 8.77. The molecule has 4 rings (SSSR count). The van der Waals surface area contributed by atoms with E-state index in [1.165, 1.54) is 10.6 Å². The van der Waals surface area contributed by atoms with Crippen LogP contribution in [0.1, 0.15) is 13.3 Å². The third-order valence-corrected chi connectivity index (χ3v) is 7.25. The fraction of sp³-hybridized carbons (Fsp3) is 0.588. The van der Waals surface area contributed by atoms with Gasteiger partial charge in [0.25, 0.3) is 0 Å². The number of piperazine rings is 1. The van der Waals surface area contributed by atoms with E-state index in [0.717, 1.165) is 32.6 Å². The van der Waals surface area contributed by atoms with Crippen molar-refractivity contribution in [2.45, 2.75) is 30.8 Å². The van der Waals surface area contributed by atoms with E-state index in [0.29, 0.717) is 30.7 Å². The number of oxazole rings is 1. The molecule has 1 unspecified atom stereocenters. The quantitative estimate of drug-likeness (QED) is 0.820. The lowest BCUT2D eigenvalue weighted by Crippen LogP contribution is -2.49. The molecule has 2 aliphatic heterocycles. The van der Waals surface area contributed by atoms with Gasteiger partial charge in [-0.1, -0.05) is 0 Å². The first-order valence-corrected chi connectivity index (χ1v) is 10.5. The number of nitrogens with one attached hydrogen (secondary N) is 1. The molecule has 1 aromatic heterocycles. The van der Waals surface area contributed by atoms with Crippen molar-refractivity contribution in [3.05, 3.63) is 28.7 Å². The van der Waals surface area contributed by atoms with Crippen LogP contribution < -0.4 is 11.1 Å². The van der Waals surface area contributed by atoms with Gasteiger partial charge in [-0.25, -0.2) is 13.2 Å². The van der Waals surface area contributed by atoms with Gasteiger partial charge < -0.3 is 9.73 Å². The number of aromatic nitrogens is 1. The van der Waals surface area contributed by atoms with Gasteiger partial charge in [-0.05, 0) is 25.5 Å². The minimum atomic E-state index is -3.59. The summed E-state index contributed by atoms with van der Waals surface area (Å²) in [5.41, 5.74) is 0.937. The number of hydrogen-bond acceptors (Lipinski definition) is 6. The summed E-state index contributed by atoms with van der Waals surface area (Å²) in [6.07, 6.45) is 0.850. The fourth-order valence-corrected chi connectivity index (χ4v) is 5.44. The molecule has 3 heterocycles. The standard InChI is InChI=1S/C17H24N4O4S/c1-2-21-15-4-3-14(11-16(15)25-17(21)22)26(23,24)20-8-5-13(12-20)19-9-6-18-7-10-19/h3-4,11,13,18H,2,5-10,12H2,1H3. The Morgan fingerprint density at radius 3 is 2.73 bits per heavy atom. The van der Waals surface area contributed by atoms with Crippen LogP contribution >= 0.6 is 0 Å². The van der Waals surface area contributed by atoms with E-state index in [1.54, 1.807) is 16.4 Å². The molecule has 0 spiro atoms. The molecule has 0 saturated carbocycles. The van der Waals surface area contributed by atoms with Crippen LogP contribution in [0.25, 0.3) is 11.1 Å². The zero-order valence-electron chi connectivity index (χ0n) is 14.8. The third-order valence-electron chi connectivity index (χ3n) is 5.39. The van der Waals surface area contributed by atoms with Crippen LogP contribution in [-0.4, -0.2) is 67.5 Å².